The monoisotopic (exact) mass is 307 g/mol. The zero-order valence-electron chi connectivity index (χ0n) is 13.0. The van der Waals surface area contributed by atoms with E-state index in [2.05, 4.69) is 20.3 Å². The van der Waals surface area contributed by atoms with Crippen molar-refractivity contribution in [1.29, 1.82) is 0 Å². The van der Waals surface area contributed by atoms with Gasteiger partial charge in [0.2, 0.25) is 5.91 Å². The molecule has 1 aromatic heterocycles. The summed E-state index contributed by atoms with van der Waals surface area (Å²) in [5, 5.41) is 7.33. The molecule has 0 spiro atoms. The van der Waals surface area contributed by atoms with Crippen LogP contribution < -0.4 is 5.32 Å². The topological polar surface area (TPSA) is 72.3 Å². The van der Waals surface area contributed by atoms with Crippen molar-refractivity contribution in [2.75, 3.05) is 26.3 Å². The first-order chi connectivity index (χ1) is 10.8. The van der Waals surface area contributed by atoms with Gasteiger partial charge in [0.05, 0.1) is 13.1 Å². The van der Waals surface area contributed by atoms with Crippen molar-refractivity contribution in [3.8, 4) is 0 Å². The zero-order chi connectivity index (χ0) is 15.2. The molecule has 7 nitrogen and oxygen atoms in total. The fourth-order valence-corrected chi connectivity index (χ4v) is 3.32. The predicted octanol–water partition coefficient (Wildman–Crippen LogP) is 0.428. The first-order valence-corrected chi connectivity index (χ1v) is 8.25. The Labute approximate surface area is 131 Å². The molecule has 1 amide bonds. The van der Waals surface area contributed by atoms with Crippen molar-refractivity contribution >= 4 is 5.91 Å². The molecule has 22 heavy (non-hydrogen) atoms. The number of rotatable bonds is 5. The molecule has 0 aliphatic carbocycles. The lowest BCUT2D eigenvalue weighted by molar-refractivity contribution is -0.124. The number of nitrogens with zero attached hydrogens (tertiary/aromatic N) is 4. The molecule has 3 heterocycles. The summed E-state index contributed by atoms with van der Waals surface area (Å²) < 4.78 is 7.19. The highest BCUT2D eigenvalue weighted by Crippen LogP contribution is 2.18. The standard InChI is InChI=1S/C15H25N5O2/c21-15(18-13-4-7-22-8-5-13)10-19-6-2-1-3-14(19)9-20-12-16-11-17-20/h11-14H,1-10H2,(H,18,21)/t14-/m1/s1. The maximum absolute atomic E-state index is 12.3. The molecule has 1 atom stereocenters. The molecule has 1 aromatic rings. The molecular weight excluding hydrogens is 282 g/mol. The minimum absolute atomic E-state index is 0.136. The molecule has 2 aliphatic heterocycles. The van der Waals surface area contributed by atoms with Crippen molar-refractivity contribution in [2.45, 2.75) is 50.7 Å². The highest BCUT2D eigenvalue weighted by Gasteiger charge is 2.26. The summed E-state index contributed by atoms with van der Waals surface area (Å²) in [7, 11) is 0. The number of carbonyl (C=O) groups excluding carboxylic acids is 1. The van der Waals surface area contributed by atoms with Crippen molar-refractivity contribution in [1.82, 2.24) is 25.0 Å². The van der Waals surface area contributed by atoms with E-state index in [1.54, 1.807) is 12.7 Å². The van der Waals surface area contributed by atoms with Gasteiger partial charge in [0.15, 0.2) is 0 Å². The number of hydrogen-bond donors (Lipinski definition) is 1. The second-order valence-electron chi connectivity index (χ2n) is 6.19. The zero-order valence-corrected chi connectivity index (χ0v) is 13.0. The van der Waals surface area contributed by atoms with Crippen LogP contribution in [0, 0.1) is 0 Å². The average Bonchev–Trinajstić information content (AvgIpc) is 3.03. The van der Waals surface area contributed by atoms with Crippen LogP contribution in [0.25, 0.3) is 0 Å². The first kappa shape index (κ1) is 15.4. The molecule has 0 aromatic carbocycles. The summed E-state index contributed by atoms with van der Waals surface area (Å²) in [5.41, 5.74) is 0. The third kappa shape index (κ3) is 4.27. The van der Waals surface area contributed by atoms with Crippen LogP contribution in [0.3, 0.4) is 0 Å². The fourth-order valence-electron chi connectivity index (χ4n) is 3.32. The van der Waals surface area contributed by atoms with E-state index in [0.717, 1.165) is 45.6 Å². The first-order valence-electron chi connectivity index (χ1n) is 8.25. The molecule has 2 saturated heterocycles. The molecule has 2 fully saturated rings. The predicted molar refractivity (Wildman–Crippen MR) is 81.2 cm³/mol. The van der Waals surface area contributed by atoms with Crippen molar-refractivity contribution in [2.24, 2.45) is 0 Å². The molecule has 0 saturated carbocycles. The van der Waals surface area contributed by atoms with Gasteiger partial charge in [-0.3, -0.25) is 14.4 Å². The summed E-state index contributed by atoms with van der Waals surface area (Å²) in [4.78, 5) is 18.6. The van der Waals surface area contributed by atoms with Gasteiger partial charge in [-0.1, -0.05) is 6.42 Å². The van der Waals surface area contributed by atoms with E-state index in [1.807, 2.05) is 4.68 Å². The van der Waals surface area contributed by atoms with Gasteiger partial charge in [-0.2, -0.15) is 5.10 Å². The van der Waals surface area contributed by atoms with E-state index in [4.69, 9.17) is 4.74 Å². The van der Waals surface area contributed by atoms with Crippen LogP contribution in [-0.4, -0.2) is 64.0 Å². The summed E-state index contributed by atoms with van der Waals surface area (Å²) in [6.07, 6.45) is 8.66. The summed E-state index contributed by atoms with van der Waals surface area (Å²) in [5.74, 6) is 0.136. The summed E-state index contributed by atoms with van der Waals surface area (Å²) >= 11 is 0. The Morgan fingerprint density at radius 3 is 2.91 bits per heavy atom. The number of hydrogen-bond acceptors (Lipinski definition) is 5. The molecule has 7 heteroatoms. The Bertz CT molecular complexity index is 459. The van der Waals surface area contributed by atoms with Gasteiger partial charge < -0.3 is 10.1 Å². The third-order valence-electron chi connectivity index (χ3n) is 4.55. The Morgan fingerprint density at radius 2 is 2.14 bits per heavy atom. The van der Waals surface area contributed by atoms with Crippen molar-refractivity contribution in [3.63, 3.8) is 0 Å². The largest absolute Gasteiger partial charge is 0.381 e. The van der Waals surface area contributed by atoms with Crippen LogP contribution in [0.5, 0.6) is 0 Å². The molecule has 1 N–H and O–H groups in total. The van der Waals surface area contributed by atoms with E-state index in [0.29, 0.717) is 12.6 Å². The number of carbonyl (C=O) groups is 1. The maximum atomic E-state index is 12.3. The molecule has 0 bridgehead atoms. The van der Waals surface area contributed by atoms with E-state index < -0.39 is 0 Å². The quantitative estimate of drug-likeness (QED) is 0.854. The number of ether oxygens (including phenoxy) is 1. The molecular formula is C15H25N5O2. The Morgan fingerprint density at radius 1 is 1.27 bits per heavy atom. The highest BCUT2D eigenvalue weighted by atomic mass is 16.5. The minimum atomic E-state index is 0.136. The van der Waals surface area contributed by atoms with E-state index in [1.165, 1.54) is 12.8 Å². The van der Waals surface area contributed by atoms with Crippen LogP contribution in [-0.2, 0) is 16.1 Å². The Balaban J connectivity index is 1.50. The lowest BCUT2D eigenvalue weighted by Gasteiger charge is -2.35. The van der Waals surface area contributed by atoms with Gasteiger partial charge in [0, 0.05) is 25.3 Å². The number of likely N-dealkylation sites (tertiary alicyclic amines) is 1. The molecule has 3 rings (SSSR count). The van der Waals surface area contributed by atoms with E-state index >= 15 is 0 Å². The van der Waals surface area contributed by atoms with Gasteiger partial charge in [0.1, 0.15) is 12.7 Å². The van der Waals surface area contributed by atoms with Crippen LogP contribution in [0.2, 0.25) is 0 Å². The van der Waals surface area contributed by atoms with Crippen LogP contribution >= 0.6 is 0 Å². The SMILES string of the molecule is O=C(CN1CCCC[C@@H]1Cn1cncn1)NC1CCOCC1. The Hall–Kier alpha value is -1.47. The average molecular weight is 307 g/mol. The minimum Gasteiger partial charge on any atom is -0.381 e. The second-order valence-corrected chi connectivity index (χ2v) is 6.19. The molecule has 122 valence electrons. The fraction of sp³-hybridized carbons (Fsp3) is 0.800. The number of piperidine rings is 1. The van der Waals surface area contributed by atoms with E-state index in [9.17, 15) is 4.79 Å². The third-order valence-corrected chi connectivity index (χ3v) is 4.55. The van der Waals surface area contributed by atoms with Gasteiger partial charge >= 0.3 is 0 Å². The lowest BCUT2D eigenvalue weighted by atomic mass is 10.0. The maximum Gasteiger partial charge on any atom is 0.234 e. The molecule has 0 radical (unpaired) electrons. The number of aromatic nitrogens is 3. The second kappa shape index (κ2) is 7.69. The summed E-state index contributed by atoms with van der Waals surface area (Å²) in [6, 6.07) is 0.649. The van der Waals surface area contributed by atoms with Crippen LogP contribution in [0.1, 0.15) is 32.1 Å². The normalized spacial score (nSPS) is 24.3. The highest BCUT2D eigenvalue weighted by molar-refractivity contribution is 5.78. The Kier molecular flexibility index (Phi) is 5.39. The smallest absolute Gasteiger partial charge is 0.234 e. The molecule has 0 unspecified atom stereocenters. The summed E-state index contributed by atoms with van der Waals surface area (Å²) in [6.45, 7) is 3.79. The van der Waals surface area contributed by atoms with Gasteiger partial charge in [-0.15, -0.1) is 0 Å². The van der Waals surface area contributed by atoms with Crippen molar-refractivity contribution < 1.29 is 9.53 Å². The van der Waals surface area contributed by atoms with Crippen LogP contribution in [0.15, 0.2) is 12.7 Å². The van der Waals surface area contributed by atoms with Crippen molar-refractivity contribution in [3.05, 3.63) is 12.7 Å². The van der Waals surface area contributed by atoms with E-state index in [-0.39, 0.29) is 11.9 Å². The number of nitrogens with one attached hydrogen (secondary N) is 1. The number of amides is 1. The van der Waals surface area contributed by atoms with Gasteiger partial charge in [0.25, 0.3) is 0 Å². The molecule has 2 aliphatic rings. The van der Waals surface area contributed by atoms with Gasteiger partial charge in [-0.25, -0.2) is 4.98 Å². The van der Waals surface area contributed by atoms with Gasteiger partial charge in [-0.05, 0) is 32.2 Å². The van der Waals surface area contributed by atoms with Crippen LogP contribution in [0.4, 0.5) is 0 Å². The lowest BCUT2D eigenvalue weighted by Crippen LogP contribution is -2.49.